The first kappa shape index (κ1) is 20.0. The Morgan fingerprint density at radius 1 is 1.10 bits per heavy atom. The molecule has 0 spiro atoms. The number of nitrogens with zero attached hydrogens (tertiary/aromatic N) is 2. The molecule has 0 aromatic heterocycles. The minimum Gasteiger partial charge on any atom is -0.356 e. The summed E-state index contributed by atoms with van der Waals surface area (Å²) in [4.78, 5) is 6.46. The van der Waals surface area contributed by atoms with E-state index in [1.165, 1.54) is 38.5 Å². The van der Waals surface area contributed by atoms with Crippen LogP contribution in [0.15, 0.2) is 4.99 Å². The van der Waals surface area contributed by atoms with Crippen LogP contribution in [0.3, 0.4) is 0 Å². The number of hydrogen-bond acceptors (Lipinski definition) is 2. The van der Waals surface area contributed by atoms with Crippen molar-refractivity contribution in [3.63, 3.8) is 0 Å². The maximum atomic E-state index is 4.25. The van der Waals surface area contributed by atoms with E-state index in [1.807, 2.05) is 7.05 Å². The highest BCUT2D eigenvalue weighted by Gasteiger charge is 2.13. The third-order valence-electron chi connectivity index (χ3n) is 3.85. The standard InChI is InChI=1S/C15H32N4.HI/c1-16-15(18-12-7-13-19(2)3)17-11-6-10-14-8-4-5-9-14;/h14H,4-13H2,1-3H3,(H2,16,17,18);1H. The van der Waals surface area contributed by atoms with Gasteiger partial charge in [-0.1, -0.05) is 25.7 Å². The van der Waals surface area contributed by atoms with E-state index < -0.39 is 0 Å². The Hall–Kier alpha value is -0.0400. The largest absolute Gasteiger partial charge is 0.356 e. The predicted molar refractivity (Wildman–Crippen MR) is 99.1 cm³/mol. The van der Waals surface area contributed by atoms with Gasteiger partial charge in [-0.25, -0.2) is 0 Å². The number of guanidine groups is 1. The Kier molecular flexibility index (Phi) is 12.7. The van der Waals surface area contributed by atoms with Gasteiger partial charge < -0.3 is 15.5 Å². The van der Waals surface area contributed by atoms with Crippen LogP contribution in [-0.2, 0) is 0 Å². The first-order valence-electron chi connectivity index (χ1n) is 7.81. The lowest BCUT2D eigenvalue weighted by Gasteiger charge is -2.14. The molecular formula is C15H33IN4. The molecule has 0 aromatic carbocycles. The van der Waals surface area contributed by atoms with Crippen LogP contribution in [0.5, 0.6) is 0 Å². The molecule has 20 heavy (non-hydrogen) atoms. The van der Waals surface area contributed by atoms with Gasteiger partial charge in [0.1, 0.15) is 0 Å². The van der Waals surface area contributed by atoms with E-state index in [4.69, 9.17) is 0 Å². The summed E-state index contributed by atoms with van der Waals surface area (Å²) in [6.45, 7) is 3.15. The van der Waals surface area contributed by atoms with E-state index in [0.29, 0.717) is 0 Å². The topological polar surface area (TPSA) is 39.7 Å². The third-order valence-corrected chi connectivity index (χ3v) is 3.85. The molecule has 1 saturated carbocycles. The molecule has 0 saturated heterocycles. The molecule has 1 aliphatic rings. The second-order valence-corrected chi connectivity index (χ2v) is 5.88. The quantitative estimate of drug-likeness (QED) is 0.287. The Morgan fingerprint density at radius 3 is 2.25 bits per heavy atom. The Bertz CT molecular complexity index is 250. The highest BCUT2D eigenvalue weighted by Crippen LogP contribution is 2.28. The minimum atomic E-state index is 0. The maximum absolute atomic E-state index is 4.25. The van der Waals surface area contributed by atoms with Gasteiger partial charge in [0.25, 0.3) is 0 Å². The fourth-order valence-corrected chi connectivity index (χ4v) is 2.72. The molecule has 0 unspecified atom stereocenters. The zero-order valence-corrected chi connectivity index (χ0v) is 15.8. The van der Waals surface area contributed by atoms with Crippen molar-refractivity contribution in [3.8, 4) is 0 Å². The SMILES string of the molecule is CN=C(NCCCC1CCCC1)NCCCN(C)C.I. The lowest BCUT2D eigenvalue weighted by molar-refractivity contribution is 0.399. The van der Waals surface area contributed by atoms with E-state index in [2.05, 4.69) is 34.6 Å². The van der Waals surface area contributed by atoms with Crippen molar-refractivity contribution in [1.29, 1.82) is 0 Å². The predicted octanol–water partition coefficient (Wildman–Crippen LogP) is 2.69. The maximum Gasteiger partial charge on any atom is 0.190 e. The molecule has 4 nitrogen and oxygen atoms in total. The summed E-state index contributed by atoms with van der Waals surface area (Å²) in [6, 6.07) is 0. The zero-order valence-electron chi connectivity index (χ0n) is 13.5. The van der Waals surface area contributed by atoms with Crippen LogP contribution >= 0.6 is 24.0 Å². The van der Waals surface area contributed by atoms with Crippen molar-refractivity contribution in [2.24, 2.45) is 10.9 Å². The Balaban J connectivity index is 0.00000361. The number of halogens is 1. The molecule has 0 aromatic rings. The minimum absolute atomic E-state index is 0. The lowest BCUT2D eigenvalue weighted by Crippen LogP contribution is -2.38. The van der Waals surface area contributed by atoms with Crippen LogP contribution in [0.1, 0.15) is 44.9 Å². The van der Waals surface area contributed by atoms with Crippen LogP contribution in [0.2, 0.25) is 0 Å². The molecular weight excluding hydrogens is 363 g/mol. The lowest BCUT2D eigenvalue weighted by atomic mass is 10.0. The van der Waals surface area contributed by atoms with Gasteiger partial charge in [-0.15, -0.1) is 24.0 Å². The van der Waals surface area contributed by atoms with Crippen LogP contribution in [0, 0.1) is 5.92 Å². The molecule has 0 radical (unpaired) electrons. The summed E-state index contributed by atoms with van der Waals surface area (Å²) in [5.41, 5.74) is 0. The van der Waals surface area contributed by atoms with Crippen LogP contribution in [0.4, 0.5) is 0 Å². The normalized spacial score (nSPS) is 16.3. The molecule has 2 N–H and O–H groups in total. The monoisotopic (exact) mass is 396 g/mol. The molecule has 0 aliphatic heterocycles. The van der Waals surface area contributed by atoms with E-state index in [9.17, 15) is 0 Å². The van der Waals surface area contributed by atoms with E-state index in [-0.39, 0.29) is 24.0 Å². The average molecular weight is 396 g/mol. The smallest absolute Gasteiger partial charge is 0.190 e. The molecule has 1 fully saturated rings. The summed E-state index contributed by atoms with van der Waals surface area (Å²) in [5, 5.41) is 6.77. The summed E-state index contributed by atoms with van der Waals surface area (Å²) in [6.07, 6.45) is 9.61. The van der Waals surface area contributed by atoms with Gasteiger partial charge in [0.2, 0.25) is 0 Å². The van der Waals surface area contributed by atoms with Gasteiger partial charge in [0.05, 0.1) is 0 Å². The first-order valence-corrected chi connectivity index (χ1v) is 7.81. The number of aliphatic imine (C=N–C) groups is 1. The van der Waals surface area contributed by atoms with Gasteiger partial charge in [0.15, 0.2) is 5.96 Å². The van der Waals surface area contributed by atoms with Gasteiger partial charge in [-0.2, -0.15) is 0 Å². The second kappa shape index (κ2) is 12.7. The first-order chi connectivity index (χ1) is 9.22. The molecule has 120 valence electrons. The molecule has 0 bridgehead atoms. The van der Waals surface area contributed by atoms with E-state index in [0.717, 1.165) is 37.9 Å². The summed E-state index contributed by atoms with van der Waals surface area (Å²) in [7, 11) is 6.06. The van der Waals surface area contributed by atoms with Crippen molar-refractivity contribution in [2.45, 2.75) is 44.9 Å². The average Bonchev–Trinajstić information content (AvgIpc) is 2.89. The number of rotatable bonds is 8. The Morgan fingerprint density at radius 2 is 1.70 bits per heavy atom. The molecule has 0 atom stereocenters. The summed E-state index contributed by atoms with van der Waals surface area (Å²) < 4.78 is 0. The zero-order chi connectivity index (χ0) is 13.9. The molecule has 1 aliphatic carbocycles. The van der Waals surface area contributed by atoms with Gasteiger partial charge in [-0.05, 0) is 45.8 Å². The molecule has 0 amide bonds. The van der Waals surface area contributed by atoms with Crippen molar-refractivity contribution in [1.82, 2.24) is 15.5 Å². The highest BCUT2D eigenvalue weighted by molar-refractivity contribution is 14.0. The molecule has 5 heteroatoms. The number of nitrogens with one attached hydrogen (secondary N) is 2. The van der Waals surface area contributed by atoms with Crippen LogP contribution in [0.25, 0.3) is 0 Å². The summed E-state index contributed by atoms with van der Waals surface area (Å²) >= 11 is 0. The number of hydrogen-bond donors (Lipinski definition) is 2. The van der Waals surface area contributed by atoms with Crippen LogP contribution in [-0.4, -0.2) is 51.6 Å². The second-order valence-electron chi connectivity index (χ2n) is 5.88. The van der Waals surface area contributed by atoms with Gasteiger partial charge in [-0.3, -0.25) is 4.99 Å². The molecule has 1 rings (SSSR count). The van der Waals surface area contributed by atoms with Crippen LogP contribution < -0.4 is 10.6 Å². The van der Waals surface area contributed by atoms with E-state index >= 15 is 0 Å². The van der Waals surface area contributed by atoms with Crippen molar-refractivity contribution in [2.75, 3.05) is 40.8 Å². The van der Waals surface area contributed by atoms with E-state index in [1.54, 1.807) is 0 Å². The van der Waals surface area contributed by atoms with Crippen molar-refractivity contribution >= 4 is 29.9 Å². The van der Waals surface area contributed by atoms with Gasteiger partial charge in [0, 0.05) is 20.1 Å². The summed E-state index contributed by atoms with van der Waals surface area (Å²) in [5.74, 6) is 1.95. The fraction of sp³-hybridized carbons (Fsp3) is 0.933. The Labute approximate surface area is 142 Å². The third kappa shape index (κ3) is 9.80. The van der Waals surface area contributed by atoms with Gasteiger partial charge >= 0.3 is 0 Å². The highest BCUT2D eigenvalue weighted by atomic mass is 127. The molecule has 0 heterocycles. The van der Waals surface area contributed by atoms with Crippen molar-refractivity contribution in [3.05, 3.63) is 0 Å². The van der Waals surface area contributed by atoms with Crippen molar-refractivity contribution < 1.29 is 0 Å². The fourth-order valence-electron chi connectivity index (χ4n) is 2.72.